The van der Waals surface area contributed by atoms with Gasteiger partial charge in [0, 0.05) is 43.9 Å². The van der Waals surface area contributed by atoms with Gasteiger partial charge >= 0.3 is 0 Å². The number of anilines is 3. The summed E-state index contributed by atoms with van der Waals surface area (Å²) in [6.45, 7) is 8.92. The van der Waals surface area contributed by atoms with Crippen molar-refractivity contribution in [2.24, 2.45) is 0 Å². The maximum Gasteiger partial charge on any atom is 0.156 e. The average molecular weight is 766 g/mol. The Morgan fingerprint density at radius 3 is 2.38 bits per heavy atom. The van der Waals surface area contributed by atoms with Gasteiger partial charge < -0.3 is 10.0 Å². The van der Waals surface area contributed by atoms with Crippen molar-refractivity contribution in [1.82, 2.24) is 9.97 Å². The van der Waals surface area contributed by atoms with Gasteiger partial charge in [-0.25, -0.2) is 4.98 Å². The Labute approximate surface area is 279 Å². The largest absolute Gasteiger partial charge is 0.504 e. The zero-order valence-electron chi connectivity index (χ0n) is 25.6. The summed E-state index contributed by atoms with van der Waals surface area (Å²) in [6, 6.07) is 38.3. The summed E-state index contributed by atoms with van der Waals surface area (Å²) in [6.07, 6.45) is 1.89. The van der Waals surface area contributed by atoms with Crippen LogP contribution < -0.4 is 4.90 Å². The van der Waals surface area contributed by atoms with E-state index < -0.39 is 0 Å². The van der Waals surface area contributed by atoms with Crippen molar-refractivity contribution in [3.05, 3.63) is 143 Å². The first-order valence-electron chi connectivity index (χ1n) is 14.9. The van der Waals surface area contributed by atoms with Gasteiger partial charge in [-0.15, -0.1) is 23.8 Å². The molecule has 1 aliphatic rings. The Balaban J connectivity index is 0.00000357. The molecule has 1 aliphatic heterocycles. The molecule has 224 valence electrons. The van der Waals surface area contributed by atoms with Crippen LogP contribution in [-0.4, -0.2) is 15.1 Å². The zero-order valence-corrected chi connectivity index (χ0v) is 27.8. The number of nitrogens with zero attached hydrogens (tertiary/aromatic N) is 3. The molecular formula is C40H32N3OPt-. The second kappa shape index (κ2) is 12.0. The van der Waals surface area contributed by atoms with Crippen LogP contribution in [0.2, 0.25) is 0 Å². The molecule has 2 aromatic heterocycles. The fraction of sp³-hybridized carbons (Fsp3) is 0.150. The molecule has 6 aromatic rings. The second-order valence-electron chi connectivity index (χ2n) is 12.1. The van der Waals surface area contributed by atoms with Crippen LogP contribution in [0.3, 0.4) is 0 Å². The number of rotatable bonds is 3. The maximum absolute atomic E-state index is 11.2. The average Bonchev–Trinajstić information content (AvgIpc) is 3.05. The summed E-state index contributed by atoms with van der Waals surface area (Å²) in [5, 5.41) is 12.1. The Morgan fingerprint density at radius 1 is 0.822 bits per heavy atom. The molecule has 0 amide bonds. The van der Waals surface area contributed by atoms with Crippen molar-refractivity contribution < 1.29 is 26.2 Å². The van der Waals surface area contributed by atoms with E-state index >= 15 is 0 Å². The molecule has 0 aliphatic carbocycles. The minimum absolute atomic E-state index is 0. The van der Waals surface area contributed by atoms with E-state index in [4.69, 9.17) is 9.97 Å². The van der Waals surface area contributed by atoms with Crippen LogP contribution in [0.25, 0.3) is 22.2 Å². The van der Waals surface area contributed by atoms with Crippen LogP contribution in [0.4, 0.5) is 17.2 Å². The molecule has 0 radical (unpaired) electrons. The van der Waals surface area contributed by atoms with Gasteiger partial charge in [-0.1, -0.05) is 99.7 Å². The van der Waals surface area contributed by atoms with Crippen molar-refractivity contribution in [3.63, 3.8) is 0 Å². The van der Waals surface area contributed by atoms with Crippen molar-refractivity contribution in [2.75, 3.05) is 4.90 Å². The minimum atomic E-state index is -0.242. The number of aromatic hydroxyl groups is 1. The second-order valence-corrected chi connectivity index (χ2v) is 12.1. The molecule has 4 nitrogen and oxygen atoms in total. The number of benzene rings is 4. The fourth-order valence-electron chi connectivity index (χ4n) is 6.01. The quantitative estimate of drug-likeness (QED) is 0.144. The molecule has 0 saturated carbocycles. The Bertz CT molecular complexity index is 2110. The molecule has 7 rings (SSSR count). The van der Waals surface area contributed by atoms with Gasteiger partial charge in [0.15, 0.2) is 5.75 Å². The third-order valence-electron chi connectivity index (χ3n) is 8.53. The molecule has 45 heavy (non-hydrogen) atoms. The Hall–Kier alpha value is -4.71. The van der Waals surface area contributed by atoms with E-state index in [2.05, 4.69) is 99.0 Å². The van der Waals surface area contributed by atoms with E-state index in [9.17, 15) is 5.11 Å². The molecule has 0 spiro atoms. The molecule has 0 unspecified atom stereocenters. The molecule has 0 atom stereocenters. The number of para-hydroxylation sites is 1. The van der Waals surface area contributed by atoms with Gasteiger partial charge in [0.25, 0.3) is 0 Å². The van der Waals surface area contributed by atoms with E-state index in [1.165, 1.54) is 16.7 Å². The normalized spacial score (nSPS) is 13.0. The van der Waals surface area contributed by atoms with Crippen LogP contribution in [0, 0.1) is 17.9 Å². The van der Waals surface area contributed by atoms with Gasteiger partial charge in [-0.2, -0.15) is 0 Å². The number of fused-ring (bicyclic) bond motifs is 3. The summed E-state index contributed by atoms with van der Waals surface area (Å²) in [5.74, 6) is 7.57. The van der Waals surface area contributed by atoms with Crippen molar-refractivity contribution in [2.45, 2.75) is 39.0 Å². The molecule has 1 N–H and O–H groups in total. The monoisotopic (exact) mass is 765 g/mol. The topological polar surface area (TPSA) is 49.2 Å². The van der Waals surface area contributed by atoms with Crippen LogP contribution in [0.5, 0.6) is 5.75 Å². The van der Waals surface area contributed by atoms with Gasteiger partial charge in [-0.05, 0) is 70.2 Å². The smallest absolute Gasteiger partial charge is 0.156 e. The van der Waals surface area contributed by atoms with Crippen molar-refractivity contribution in [3.8, 4) is 28.8 Å². The van der Waals surface area contributed by atoms with Crippen molar-refractivity contribution in [1.29, 1.82) is 0 Å². The van der Waals surface area contributed by atoms with Crippen LogP contribution in [-0.2, 0) is 26.5 Å². The molecule has 0 saturated heterocycles. The number of phenolic OH excluding ortho intramolecular Hbond substituents is 1. The Kier molecular flexibility index (Phi) is 8.08. The van der Waals surface area contributed by atoms with E-state index in [0.717, 1.165) is 39.4 Å². The molecule has 0 bridgehead atoms. The first-order chi connectivity index (χ1) is 21.3. The number of phenols is 1. The SMILES string of the molecule is CC(C)c1ccnc(N2c3[c-]c(-c4ccc5ccc(C#Cc6ccccc6)c(O)c5n4)ccc3C(C)(C)c3ccccc32)c1.[Pt]. The number of hydrogen-bond donors (Lipinski definition) is 1. The van der Waals surface area contributed by atoms with Crippen LogP contribution in [0.1, 0.15) is 61.4 Å². The van der Waals surface area contributed by atoms with Gasteiger partial charge in [0.05, 0.1) is 5.56 Å². The number of aromatic nitrogens is 2. The third kappa shape index (κ3) is 5.43. The molecule has 0 fully saturated rings. The predicted molar refractivity (Wildman–Crippen MR) is 179 cm³/mol. The van der Waals surface area contributed by atoms with Crippen LogP contribution >= 0.6 is 0 Å². The molecule has 4 aromatic carbocycles. The summed E-state index contributed by atoms with van der Waals surface area (Å²) in [4.78, 5) is 12.0. The summed E-state index contributed by atoms with van der Waals surface area (Å²) in [7, 11) is 0. The van der Waals surface area contributed by atoms with E-state index in [1.807, 2.05) is 60.8 Å². The fourth-order valence-corrected chi connectivity index (χ4v) is 6.01. The summed E-state index contributed by atoms with van der Waals surface area (Å²) >= 11 is 0. The third-order valence-corrected chi connectivity index (χ3v) is 8.53. The first kappa shape index (κ1) is 30.3. The predicted octanol–water partition coefficient (Wildman–Crippen LogP) is 9.43. The standard InChI is InChI=1S/C40H32N3O.Pt/c1-26(2)30-22-23-41-37(25-30)43-35-13-9-8-12-32(35)40(3,4)33-20-18-31(24-36(33)43)34-21-19-28-16-17-29(39(44)38(28)42-34)15-14-27-10-6-5-7-11-27;/h5-13,16-23,25-26,44H,1-4H3;/q-1;. The van der Waals surface area contributed by atoms with Gasteiger partial charge in [0.1, 0.15) is 11.3 Å². The van der Waals surface area contributed by atoms with E-state index in [0.29, 0.717) is 17.0 Å². The van der Waals surface area contributed by atoms with E-state index in [1.54, 1.807) is 0 Å². The molecule has 3 heterocycles. The van der Waals surface area contributed by atoms with Crippen molar-refractivity contribution >= 4 is 28.1 Å². The molecule has 5 heteroatoms. The van der Waals surface area contributed by atoms with Gasteiger partial charge in [0.2, 0.25) is 0 Å². The number of hydrogen-bond acceptors (Lipinski definition) is 4. The first-order valence-corrected chi connectivity index (χ1v) is 14.9. The maximum atomic E-state index is 11.2. The summed E-state index contributed by atoms with van der Waals surface area (Å²) in [5.41, 5.74) is 8.95. The van der Waals surface area contributed by atoms with Crippen LogP contribution in [0.15, 0.2) is 109 Å². The van der Waals surface area contributed by atoms with Gasteiger partial charge in [-0.3, -0.25) is 4.98 Å². The number of pyridine rings is 2. The molecular weight excluding hydrogens is 734 g/mol. The van der Waals surface area contributed by atoms with E-state index in [-0.39, 0.29) is 32.2 Å². The summed E-state index contributed by atoms with van der Waals surface area (Å²) < 4.78 is 0. The zero-order chi connectivity index (χ0) is 30.4. The Morgan fingerprint density at radius 2 is 1.58 bits per heavy atom. The minimum Gasteiger partial charge on any atom is -0.504 e.